The molecule has 0 saturated heterocycles. The zero-order chi connectivity index (χ0) is 13.5. The number of ether oxygens (including phenoxy) is 1. The normalized spacial score (nSPS) is 12.8. The number of likely N-dealkylation sites (N-methyl/N-ethyl adjacent to an activating group) is 1. The molecule has 17 heavy (non-hydrogen) atoms. The van der Waals surface area contributed by atoms with Gasteiger partial charge >= 0.3 is 6.09 Å². The molecule has 0 aliphatic heterocycles. The molecule has 100 valence electrons. The molecule has 1 atom stereocenters. The molecule has 0 aliphatic carbocycles. The third kappa shape index (κ3) is 7.57. The first kappa shape index (κ1) is 15.7. The summed E-state index contributed by atoms with van der Waals surface area (Å²) in [6.07, 6.45) is 0.562. The molecular formula is C11H23N3O3. The third-order valence-corrected chi connectivity index (χ3v) is 1.95. The Bertz CT molecular complexity index is 261. The summed E-state index contributed by atoms with van der Waals surface area (Å²) < 4.78 is 5.08. The molecule has 0 radical (unpaired) electrons. The molecule has 0 bridgehead atoms. The van der Waals surface area contributed by atoms with E-state index in [1.807, 2.05) is 0 Å². The van der Waals surface area contributed by atoms with Gasteiger partial charge in [-0.05, 0) is 40.2 Å². The molecule has 0 aliphatic rings. The van der Waals surface area contributed by atoms with E-state index in [1.165, 1.54) is 7.05 Å². The van der Waals surface area contributed by atoms with Gasteiger partial charge in [0.05, 0.1) is 0 Å². The fraction of sp³-hybridized carbons (Fsp3) is 0.818. The Labute approximate surface area is 102 Å². The van der Waals surface area contributed by atoms with Crippen LogP contribution in [0.2, 0.25) is 0 Å². The number of nitrogens with one attached hydrogen (secondary N) is 2. The van der Waals surface area contributed by atoms with E-state index in [4.69, 9.17) is 10.5 Å². The maximum atomic E-state index is 11.5. The van der Waals surface area contributed by atoms with Crippen molar-refractivity contribution in [1.29, 1.82) is 0 Å². The molecule has 0 heterocycles. The lowest BCUT2D eigenvalue weighted by Gasteiger charge is -2.22. The molecule has 0 unspecified atom stereocenters. The molecule has 0 aromatic carbocycles. The monoisotopic (exact) mass is 245 g/mol. The Hall–Kier alpha value is -1.30. The summed E-state index contributed by atoms with van der Waals surface area (Å²) in [5.74, 6) is -0.246. The molecule has 0 rings (SSSR count). The molecule has 4 N–H and O–H groups in total. The van der Waals surface area contributed by atoms with Crippen LogP contribution in [0.25, 0.3) is 0 Å². The fourth-order valence-electron chi connectivity index (χ4n) is 1.21. The lowest BCUT2D eigenvalue weighted by atomic mass is 10.1. The number of rotatable bonds is 5. The lowest BCUT2D eigenvalue weighted by Crippen LogP contribution is -2.47. The van der Waals surface area contributed by atoms with E-state index in [0.717, 1.165) is 0 Å². The van der Waals surface area contributed by atoms with Crippen LogP contribution < -0.4 is 16.4 Å². The highest BCUT2D eigenvalue weighted by atomic mass is 16.6. The van der Waals surface area contributed by atoms with Crippen molar-refractivity contribution >= 4 is 12.0 Å². The van der Waals surface area contributed by atoms with E-state index < -0.39 is 17.7 Å². The van der Waals surface area contributed by atoms with Gasteiger partial charge in [0, 0.05) is 7.05 Å². The highest BCUT2D eigenvalue weighted by Crippen LogP contribution is 2.07. The van der Waals surface area contributed by atoms with E-state index in [2.05, 4.69) is 10.6 Å². The number of carbonyl (C=O) groups excluding carboxylic acids is 2. The van der Waals surface area contributed by atoms with Crippen LogP contribution in [0.4, 0.5) is 4.79 Å². The van der Waals surface area contributed by atoms with Gasteiger partial charge in [0.1, 0.15) is 11.6 Å². The van der Waals surface area contributed by atoms with E-state index in [1.54, 1.807) is 20.8 Å². The first-order chi connectivity index (χ1) is 7.80. The van der Waals surface area contributed by atoms with Crippen molar-refractivity contribution in [2.24, 2.45) is 5.73 Å². The molecule has 0 aromatic heterocycles. The van der Waals surface area contributed by atoms with E-state index in [0.29, 0.717) is 19.4 Å². The van der Waals surface area contributed by atoms with Gasteiger partial charge < -0.3 is 21.1 Å². The first-order valence-electron chi connectivity index (χ1n) is 5.71. The standard InChI is InChI=1S/C11H23N3O3/c1-11(2,3)17-10(16)14-8(6-5-7-12)9(15)13-4/h8H,5-7,12H2,1-4H3,(H,13,15)(H,14,16)/t8-/m0/s1. The highest BCUT2D eigenvalue weighted by molar-refractivity contribution is 5.85. The Kier molecular flexibility index (Phi) is 6.57. The Morgan fingerprint density at radius 3 is 2.35 bits per heavy atom. The number of alkyl carbamates (subject to hydrolysis) is 1. The van der Waals surface area contributed by atoms with Gasteiger partial charge in [-0.2, -0.15) is 0 Å². The van der Waals surface area contributed by atoms with Crippen LogP contribution in [0.3, 0.4) is 0 Å². The maximum absolute atomic E-state index is 11.5. The average Bonchev–Trinajstić information content (AvgIpc) is 2.20. The van der Waals surface area contributed by atoms with Crippen LogP contribution in [-0.4, -0.2) is 37.2 Å². The minimum absolute atomic E-state index is 0.246. The number of hydrogen-bond donors (Lipinski definition) is 3. The van der Waals surface area contributed by atoms with Crippen LogP contribution in [0.1, 0.15) is 33.6 Å². The predicted molar refractivity (Wildman–Crippen MR) is 65.5 cm³/mol. The minimum Gasteiger partial charge on any atom is -0.444 e. The topological polar surface area (TPSA) is 93.5 Å². The molecule has 6 heteroatoms. The smallest absolute Gasteiger partial charge is 0.408 e. The molecular weight excluding hydrogens is 222 g/mol. The fourth-order valence-corrected chi connectivity index (χ4v) is 1.21. The summed E-state index contributed by atoms with van der Waals surface area (Å²) in [6.45, 7) is 5.77. The average molecular weight is 245 g/mol. The third-order valence-electron chi connectivity index (χ3n) is 1.95. The number of nitrogens with two attached hydrogens (primary N) is 1. The Morgan fingerprint density at radius 2 is 1.94 bits per heavy atom. The van der Waals surface area contributed by atoms with Crippen molar-refractivity contribution in [2.45, 2.75) is 45.3 Å². The Balaban J connectivity index is 4.32. The van der Waals surface area contributed by atoms with E-state index in [-0.39, 0.29) is 5.91 Å². The summed E-state index contributed by atoms with van der Waals surface area (Å²) in [7, 11) is 1.52. The van der Waals surface area contributed by atoms with Crippen molar-refractivity contribution in [3.05, 3.63) is 0 Å². The van der Waals surface area contributed by atoms with Gasteiger partial charge in [0.15, 0.2) is 0 Å². The Morgan fingerprint density at radius 1 is 1.35 bits per heavy atom. The van der Waals surface area contributed by atoms with Gasteiger partial charge in [-0.1, -0.05) is 0 Å². The van der Waals surface area contributed by atoms with Crippen LogP contribution in [0.15, 0.2) is 0 Å². The van der Waals surface area contributed by atoms with Crippen molar-refractivity contribution in [3.8, 4) is 0 Å². The quantitative estimate of drug-likeness (QED) is 0.652. The first-order valence-corrected chi connectivity index (χ1v) is 5.71. The molecule has 0 aromatic rings. The predicted octanol–water partition coefficient (Wildman–Crippen LogP) is 0.365. The molecule has 0 spiro atoms. The zero-order valence-electron chi connectivity index (χ0n) is 11.0. The number of amides is 2. The van der Waals surface area contributed by atoms with Crippen molar-refractivity contribution in [2.75, 3.05) is 13.6 Å². The SMILES string of the molecule is CNC(=O)[C@H](CCCN)NC(=O)OC(C)(C)C. The van der Waals surface area contributed by atoms with Crippen LogP contribution in [0, 0.1) is 0 Å². The molecule has 0 saturated carbocycles. The van der Waals surface area contributed by atoms with Gasteiger partial charge in [0.25, 0.3) is 0 Å². The maximum Gasteiger partial charge on any atom is 0.408 e. The highest BCUT2D eigenvalue weighted by Gasteiger charge is 2.22. The van der Waals surface area contributed by atoms with E-state index in [9.17, 15) is 9.59 Å². The van der Waals surface area contributed by atoms with Gasteiger partial charge in [0.2, 0.25) is 5.91 Å². The second-order valence-electron chi connectivity index (χ2n) is 4.74. The van der Waals surface area contributed by atoms with Crippen molar-refractivity contribution in [3.63, 3.8) is 0 Å². The molecule has 6 nitrogen and oxygen atoms in total. The summed E-state index contributed by atoms with van der Waals surface area (Å²) in [5, 5.41) is 5.02. The van der Waals surface area contributed by atoms with Crippen molar-refractivity contribution in [1.82, 2.24) is 10.6 Å². The van der Waals surface area contributed by atoms with Crippen molar-refractivity contribution < 1.29 is 14.3 Å². The summed E-state index contributed by atoms with van der Waals surface area (Å²) in [5.41, 5.74) is 4.80. The van der Waals surface area contributed by atoms with E-state index >= 15 is 0 Å². The van der Waals surface area contributed by atoms with Gasteiger partial charge in [-0.25, -0.2) is 4.79 Å². The number of hydrogen-bond acceptors (Lipinski definition) is 4. The summed E-state index contributed by atoms with van der Waals surface area (Å²) >= 11 is 0. The van der Waals surface area contributed by atoms with Crippen LogP contribution >= 0.6 is 0 Å². The summed E-state index contributed by atoms with van der Waals surface area (Å²) in [4.78, 5) is 23.0. The number of carbonyl (C=O) groups is 2. The second-order valence-corrected chi connectivity index (χ2v) is 4.74. The van der Waals surface area contributed by atoms with Gasteiger partial charge in [-0.15, -0.1) is 0 Å². The minimum atomic E-state index is -0.599. The zero-order valence-corrected chi connectivity index (χ0v) is 11.0. The molecule has 0 fully saturated rings. The van der Waals surface area contributed by atoms with Crippen LogP contribution in [-0.2, 0) is 9.53 Å². The van der Waals surface area contributed by atoms with Gasteiger partial charge in [-0.3, -0.25) is 4.79 Å². The second kappa shape index (κ2) is 7.11. The lowest BCUT2D eigenvalue weighted by molar-refractivity contribution is -0.122. The van der Waals surface area contributed by atoms with Crippen LogP contribution in [0.5, 0.6) is 0 Å². The molecule has 2 amide bonds. The largest absolute Gasteiger partial charge is 0.444 e. The summed E-state index contributed by atoms with van der Waals surface area (Å²) in [6, 6.07) is -0.599.